The fraction of sp³-hybridized carbons (Fsp3) is 0.0500. The molecule has 2 aromatic carbocycles. The highest BCUT2D eigenvalue weighted by Crippen LogP contribution is 2.37. The van der Waals surface area contributed by atoms with E-state index in [1.54, 1.807) is 24.3 Å². The molecule has 1 N–H and O–H groups in total. The van der Waals surface area contributed by atoms with E-state index in [4.69, 9.17) is 28.2 Å². The minimum atomic E-state index is -3.57. The second-order valence-electron chi connectivity index (χ2n) is 6.27. The number of rotatable bonds is 4. The van der Waals surface area contributed by atoms with E-state index in [0.29, 0.717) is 38.5 Å². The molecule has 4 rings (SSSR count). The molecular weight excluding hydrogens is 431 g/mol. The number of aromatic nitrogens is 4. The maximum Gasteiger partial charge on any atom is 0.247 e. The summed E-state index contributed by atoms with van der Waals surface area (Å²) in [6.07, 6.45) is 2.46. The molecule has 0 amide bonds. The van der Waals surface area contributed by atoms with E-state index < -0.39 is 9.84 Å². The summed E-state index contributed by atoms with van der Waals surface area (Å²) in [6, 6.07) is 16.3. The van der Waals surface area contributed by atoms with Crippen LogP contribution < -0.4 is 0 Å². The minimum absolute atomic E-state index is 0.263. The molecule has 0 bridgehead atoms. The average molecular weight is 445 g/mol. The van der Waals surface area contributed by atoms with E-state index in [1.165, 1.54) is 6.20 Å². The van der Waals surface area contributed by atoms with Gasteiger partial charge in [0.25, 0.3) is 0 Å². The molecule has 0 unspecified atom stereocenters. The molecule has 0 fully saturated rings. The average Bonchev–Trinajstić information content (AvgIpc) is 3.13. The predicted octanol–water partition coefficient (Wildman–Crippen LogP) is 4.91. The van der Waals surface area contributed by atoms with E-state index in [-0.39, 0.29) is 5.16 Å². The van der Waals surface area contributed by atoms with Crippen LogP contribution in [0.25, 0.3) is 34.0 Å². The van der Waals surface area contributed by atoms with Crippen LogP contribution in [0.4, 0.5) is 0 Å². The third kappa shape index (κ3) is 3.89. The van der Waals surface area contributed by atoms with E-state index in [1.807, 2.05) is 30.3 Å². The number of hydrogen-bond acceptors (Lipinski definition) is 5. The van der Waals surface area contributed by atoms with Crippen molar-refractivity contribution >= 4 is 33.0 Å². The normalized spacial score (nSPS) is 11.6. The molecule has 2 aromatic heterocycles. The van der Waals surface area contributed by atoms with Crippen molar-refractivity contribution in [3.63, 3.8) is 0 Å². The number of aromatic amines is 1. The first-order valence-electron chi connectivity index (χ1n) is 8.48. The second kappa shape index (κ2) is 7.59. The maximum atomic E-state index is 11.9. The van der Waals surface area contributed by atoms with Crippen molar-refractivity contribution in [1.29, 1.82) is 0 Å². The largest absolute Gasteiger partial charge is 0.336 e. The summed E-state index contributed by atoms with van der Waals surface area (Å²) in [5.41, 5.74) is 2.90. The van der Waals surface area contributed by atoms with E-state index >= 15 is 0 Å². The van der Waals surface area contributed by atoms with Crippen molar-refractivity contribution in [3.05, 3.63) is 70.8 Å². The van der Waals surface area contributed by atoms with Crippen molar-refractivity contribution in [1.82, 2.24) is 19.9 Å². The number of hydrogen-bond donors (Lipinski definition) is 1. The van der Waals surface area contributed by atoms with Gasteiger partial charge in [0.1, 0.15) is 5.82 Å². The lowest BCUT2D eigenvalue weighted by Gasteiger charge is -2.04. The lowest BCUT2D eigenvalue weighted by molar-refractivity contribution is 0.593. The standard InChI is InChI=1S/C20H14Cl2N4O2S/c1-29(27,28)20-23-11-10-15(24-20)18-17(12-6-3-2-4-7-12)25-19(26-18)16-13(21)8-5-9-14(16)22/h2-11H,1H3,(H,25,26). The quantitative estimate of drug-likeness (QED) is 0.451. The highest BCUT2D eigenvalue weighted by atomic mass is 35.5. The van der Waals surface area contributed by atoms with Crippen LogP contribution in [0.3, 0.4) is 0 Å². The fourth-order valence-electron chi connectivity index (χ4n) is 2.86. The molecule has 0 saturated carbocycles. The molecule has 0 spiro atoms. The lowest BCUT2D eigenvalue weighted by Crippen LogP contribution is -2.04. The van der Waals surface area contributed by atoms with Crippen molar-refractivity contribution in [2.75, 3.05) is 6.26 Å². The topological polar surface area (TPSA) is 88.6 Å². The highest BCUT2D eigenvalue weighted by molar-refractivity contribution is 7.90. The van der Waals surface area contributed by atoms with Crippen LogP contribution in [0.2, 0.25) is 10.0 Å². The zero-order valence-electron chi connectivity index (χ0n) is 15.1. The Kier molecular flexibility index (Phi) is 5.12. The van der Waals surface area contributed by atoms with Gasteiger partial charge in [0.05, 0.1) is 32.7 Å². The third-order valence-electron chi connectivity index (χ3n) is 4.17. The van der Waals surface area contributed by atoms with Crippen molar-refractivity contribution < 1.29 is 8.42 Å². The fourth-order valence-corrected chi connectivity index (χ4v) is 3.96. The Bertz CT molecular complexity index is 1290. The van der Waals surface area contributed by atoms with Crippen LogP contribution >= 0.6 is 23.2 Å². The van der Waals surface area contributed by atoms with Gasteiger partial charge in [-0.2, -0.15) is 0 Å². The number of nitrogens with zero attached hydrogens (tertiary/aromatic N) is 3. The summed E-state index contributed by atoms with van der Waals surface area (Å²) < 4.78 is 23.8. The maximum absolute atomic E-state index is 11.9. The number of sulfone groups is 1. The van der Waals surface area contributed by atoms with Gasteiger partial charge in [-0.15, -0.1) is 0 Å². The van der Waals surface area contributed by atoms with Crippen LogP contribution in [0.1, 0.15) is 0 Å². The number of imidazole rings is 1. The Morgan fingerprint density at radius 2 is 1.59 bits per heavy atom. The van der Waals surface area contributed by atoms with Gasteiger partial charge in [0, 0.05) is 18.0 Å². The molecule has 6 nitrogen and oxygen atoms in total. The van der Waals surface area contributed by atoms with Crippen LogP contribution in [0, 0.1) is 0 Å². The summed E-state index contributed by atoms with van der Waals surface area (Å²) in [7, 11) is -3.57. The first-order chi connectivity index (χ1) is 13.8. The van der Waals surface area contributed by atoms with Gasteiger partial charge in [0.15, 0.2) is 0 Å². The van der Waals surface area contributed by atoms with Gasteiger partial charge in [-0.05, 0) is 18.2 Å². The smallest absolute Gasteiger partial charge is 0.247 e. The number of H-pyrrole nitrogens is 1. The first-order valence-corrected chi connectivity index (χ1v) is 11.1. The zero-order valence-corrected chi connectivity index (χ0v) is 17.4. The van der Waals surface area contributed by atoms with Gasteiger partial charge in [-0.25, -0.2) is 23.4 Å². The molecule has 0 radical (unpaired) electrons. The minimum Gasteiger partial charge on any atom is -0.336 e. The van der Waals surface area contributed by atoms with Crippen molar-refractivity contribution in [3.8, 4) is 34.0 Å². The Balaban J connectivity index is 1.98. The summed E-state index contributed by atoms with van der Waals surface area (Å²) in [5.74, 6) is 0.453. The van der Waals surface area contributed by atoms with Gasteiger partial charge in [-0.1, -0.05) is 59.6 Å². The first kappa shape index (κ1) is 19.6. The third-order valence-corrected chi connectivity index (χ3v) is 5.66. The monoisotopic (exact) mass is 444 g/mol. The Morgan fingerprint density at radius 1 is 0.897 bits per heavy atom. The van der Waals surface area contributed by atoms with Crippen LogP contribution in [0.15, 0.2) is 66.0 Å². The molecule has 2 heterocycles. The van der Waals surface area contributed by atoms with Crippen LogP contribution in [-0.4, -0.2) is 34.6 Å². The van der Waals surface area contributed by atoms with Crippen molar-refractivity contribution in [2.24, 2.45) is 0 Å². The van der Waals surface area contributed by atoms with E-state index in [0.717, 1.165) is 11.8 Å². The Labute approximate surface area is 177 Å². The van der Waals surface area contributed by atoms with E-state index in [2.05, 4.69) is 15.0 Å². The molecule has 0 atom stereocenters. The molecule has 4 aromatic rings. The van der Waals surface area contributed by atoms with Gasteiger partial charge in [0.2, 0.25) is 15.0 Å². The number of benzene rings is 2. The molecule has 0 aliphatic rings. The summed E-state index contributed by atoms with van der Waals surface area (Å²) in [5, 5.41) is 0.620. The molecular formula is C20H14Cl2N4O2S. The molecule has 9 heteroatoms. The molecule has 146 valence electrons. The predicted molar refractivity (Wildman–Crippen MR) is 114 cm³/mol. The molecule has 0 aliphatic carbocycles. The Hall–Kier alpha value is -2.74. The lowest BCUT2D eigenvalue weighted by atomic mass is 10.1. The zero-order chi connectivity index (χ0) is 20.6. The van der Waals surface area contributed by atoms with Gasteiger partial charge in [-0.3, -0.25) is 0 Å². The summed E-state index contributed by atoms with van der Waals surface area (Å²) in [6.45, 7) is 0. The summed E-state index contributed by atoms with van der Waals surface area (Å²) >= 11 is 12.7. The molecule has 29 heavy (non-hydrogen) atoms. The SMILES string of the molecule is CS(=O)(=O)c1nccc(-c2[nH]c(-c3c(Cl)cccc3Cl)nc2-c2ccccc2)n1. The molecule has 0 aliphatic heterocycles. The van der Waals surface area contributed by atoms with Crippen molar-refractivity contribution in [2.45, 2.75) is 5.16 Å². The summed E-state index contributed by atoms with van der Waals surface area (Å²) in [4.78, 5) is 16.0. The Morgan fingerprint density at radius 3 is 2.24 bits per heavy atom. The van der Waals surface area contributed by atoms with E-state index in [9.17, 15) is 8.42 Å². The van der Waals surface area contributed by atoms with Gasteiger partial charge >= 0.3 is 0 Å². The number of nitrogens with one attached hydrogen (secondary N) is 1. The van der Waals surface area contributed by atoms with Crippen LogP contribution in [-0.2, 0) is 9.84 Å². The molecule has 0 saturated heterocycles. The highest BCUT2D eigenvalue weighted by Gasteiger charge is 2.21. The van der Waals surface area contributed by atoms with Crippen LogP contribution in [0.5, 0.6) is 0 Å². The number of halogens is 2. The van der Waals surface area contributed by atoms with Gasteiger partial charge < -0.3 is 4.98 Å². The second-order valence-corrected chi connectivity index (χ2v) is 8.99.